The van der Waals surface area contributed by atoms with Gasteiger partial charge in [0, 0.05) is 23.7 Å². The number of aryl methyl sites for hydroxylation is 2. The summed E-state index contributed by atoms with van der Waals surface area (Å²) < 4.78 is 10.5. The third kappa shape index (κ3) is 2.96. The van der Waals surface area contributed by atoms with Crippen molar-refractivity contribution in [2.45, 2.75) is 33.4 Å². The van der Waals surface area contributed by atoms with Crippen LogP contribution in [0, 0.1) is 13.8 Å². The number of methoxy groups -OCH3 is 1. The van der Waals surface area contributed by atoms with Crippen molar-refractivity contribution in [1.29, 1.82) is 0 Å². The van der Waals surface area contributed by atoms with Gasteiger partial charge < -0.3 is 14.6 Å². The van der Waals surface area contributed by atoms with Gasteiger partial charge in [-0.25, -0.2) is 0 Å². The van der Waals surface area contributed by atoms with Crippen LogP contribution in [0.1, 0.15) is 35.5 Å². The third-order valence-electron chi connectivity index (χ3n) is 3.37. The van der Waals surface area contributed by atoms with E-state index in [0.717, 1.165) is 34.9 Å². The molecule has 0 saturated heterocycles. The normalized spacial score (nSPS) is 12.4. The molecule has 2 aromatic rings. The molecular formula is C15H20N2O2. The second kappa shape index (κ2) is 5.89. The second-order valence-electron chi connectivity index (χ2n) is 4.65. The monoisotopic (exact) mass is 260 g/mol. The summed E-state index contributed by atoms with van der Waals surface area (Å²) in [5.74, 6) is 1.78. The fraction of sp³-hybridized carbons (Fsp3) is 0.400. The van der Waals surface area contributed by atoms with Crippen LogP contribution in [0.3, 0.4) is 0 Å². The highest BCUT2D eigenvalue weighted by molar-refractivity contribution is 5.35. The van der Waals surface area contributed by atoms with Gasteiger partial charge in [0.2, 0.25) is 0 Å². The van der Waals surface area contributed by atoms with Gasteiger partial charge in [-0.3, -0.25) is 0 Å². The van der Waals surface area contributed by atoms with Crippen molar-refractivity contribution in [3.63, 3.8) is 0 Å². The molecule has 0 unspecified atom stereocenters. The molecule has 19 heavy (non-hydrogen) atoms. The zero-order chi connectivity index (χ0) is 13.8. The summed E-state index contributed by atoms with van der Waals surface area (Å²) >= 11 is 0. The topological polar surface area (TPSA) is 47.3 Å². The number of ether oxygens (including phenoxy) is 1. The first kappa shape index (κ1) is 13.6. The first-order valence-corrected chi connectivity index (χ1v) is 6.41. The molecule has 1 atom stereocenters. The van der Waals surface area contributed by atoms with Crippen molar-refractivity contribution in [3.05, 3.63) is 46.8 Å². The summed E-state index contributed by atoms with van der Waals surface area (Å²) in [6.07, 6.45) is 0. The van der Waals surface area contributed by atoms with Gasteiger partial charge >= 0.3 is 0 Å². The molecule has 0 aliphatic heterocycles. The Morgan fingerprint density at radius 3 is 2.68 bits per heavy atom. The van der Waals surface area contributed by atoms with E-state index in [4.69, 9.17) is 9.26 Å². The van der Waals surface area contributed by atoms with E-state index in [2.05, 4.69) is 23.5 Å². The lowest BCUT2D eigenvalue weighted by Gasteiger charge is -2.17. The van der Waals surface area contributed by atoms with Crippen molar-refractivity contribution in [2.75, 3.05) is 7.11 Å². The van der Waals surface area contributed by atoms with E-state index in [9.17, 15) is 0 Å². The maximum absolute atomic E-state index is 5.38. The van der Waals surface area contributed by atoms with E-state index >= 15 is 0 Å². The fourth-order valence-electron chi connectivity index (χ4n) is 2.14. The molecule has 1 aromatic heterocycles. The van der Waals surface area contributed by atoms with E-state index in [1.165, 1.54) is 0 Å². The molecule has 1 heterocycles. The summed E-state index contributed by atoms with van der Waals surface area (Å²) in [6.45, 7) is 6.75. The summed E-state index contributed by atoms with van der Waals surface area (Å²) in [7, 11) is 1.69. The van der Waals surface area contributed by atoms with Gasteiger partial charge in [0.15, 0.2) is 0 Å². The van der Waals surface area contributed by atoms with E-state index < -0.39 is 0 Å². The number of rotatable bonds is 5. The summed E-state index contributed by atoms with van der Waals surface area (Å²) in [5, 5.41) is 7.44. The molecule has 4 heteroatoms. The largest absolute Gasteiger partial charge is 0.496 e. The van der Waals surface area contributed by atoms with E-state index in [0.29, 0.717) is 0 Å². The van der Waals surface area contributed by atoms with Gasteiger partial charge in [-0.1, -0.05) is 23.4 Å². The van der Waals surface area contributed by atoms with Gasteiger partial charge in [0.25, 0.3) is 0 Å². The summed E-state index contributed by atoms with van der Waals surface area (Å²) in [5.41, 5.74) is 3.22. The standard InChI is InChI=1S/C15H20N2O2/c1-10(13-7-5-6-8-15(13)18-4)16-9-14-11(2)17-19-12(14)3/h5-8,10,16H,9H2,1-4H3/t10-/m1/s1. The Hall–Kier alpha value is -1.81. The number of benzene rings is 1. The minimum Gasteiger partial charge on any atom is -0.496 e. The molecule has 0 saturated carbocycles. The van der Waals surface area contributed by atoms with E-state index in [1.54, 1.807) is 7.11 Å². The summed E-state index contributed by atoms with van der Waals surface area (Å²) in [4.78, 5) is 0. The fourth-order valence-corrected chi connectivity index (χ4v) is 2.14. The lowest BCUT2D eigenvalue weighted by atomic mass is 10.1. The lowest BCUT2D eigenvalue weighted by molar-refractivity contribution is 0.390. The SMILES string of the molecule is COc1ccccc1[C@@H](C)NCc1c(C)noc1C. The highest BCUT2D eigenvalue weighted by Crippen LogP contribution is 2.25. The Morgan fingerprint density at radius 1 is 1.32 bits per heavy atom. The van der Waals surface area contributed by atoms with Gasteiger partial charge in [-0.2, -0.15) is 0 Å². The van der Waals surface area contributed by atoms with E-state index in [1.807, 2.05) is 32.0 Å². The molecule has 0 amide bonds. The predicted molar refractivity (Wildman–Crippen MR) is 74.2 cm³/mol. The van der Waals surface area contributed by atoms with Crippen molar-refractivity contribution in [1.82, 2.24) is 10.5 Å². The Balaban J connectivity index is 2.07. The number of hydrogen-bond acceptors (Lipinski definition) is 4. The molecule has 0 spiro atoms. The first-order valence-electron chi connectivity index (χ1n) is 6.41. The lowest BCUT2D eigenvalue weighted by Crippen LogP contribution is -2.19. The van der Waals surface area contributed by atoms with Crippen LogP contribution in [-0.2, 0) is 6.54 Å². The Kier molecular flexibility index (Phi) is 4.22. The Bertz CT molecular complexity index is 529. The molecular weight excluding hydrogens is 240 g/mol. The van der Waals surface area contributed by atoms with E-state index in [-0.39, 0.29) is 6.04 Å². The highest BCUT2D eigenvalue weighted by atomic mass is 16.5. The van der Waals surface area contributed by atoms with Crippen molar-refractivity contribution in [3.8, 4) is 5.75 Å². The zero-order valence-electron chi connectivity index (χ0n) is 11.9. The highest BCUT2D eigenvalue weighted by Gasteiger charge is 2.13. The Labute approximate surface area is 113 Å². The van der Waals surface area contributed by atoms with Crippen LogP contribution in [0.25, 0.3) is 0 Å². The van der Waals surface area contributed by atoms with Gasteiger partial charge in [-0.05, 0) is 26.8 Å². The quantitative estimate of drug-likeness (QED) is 0.897. The van der Waals surface area contributed by atoms with Crippen LogP contribution in [0.15, 0.2) is 28.8 Å². The number of para-hydroxylation sites is 1. The van der Waals surface area contributed by atoms with Crippen LogP contribution in [0.5, 0.6) is 5.75 Å². The van der Waals surface area contributed by atoms with Crippen LogP contribution >= 0.6 is 0 Å². The number of nitrogens with one attached hydrogen (secondary N) is 1. The molecule has 102 valence electrons. The smallest absolute Gasteiger partial charge is 0.138 e. The second-order valence-corrected chi connectivity index (χ2v) is 4.65. The van der Waals surface area contributed by atoms with Crippen molar-refractivity contribution >= 4 is 0 Å². The molecule has 0 radical (unpaired) electrons. The average molecular weight is 260 g/mol. The van der Waals surface area contributed by atoms with Crippen LogP contribution in [-0.4, -0.2) is 12.3 Å². The molecule has 2 rings (SSSR count). The first-order chi connectivity index (χ1) is 9.13. The van der Waals surface area contributed by atoms with Crippen molar-refractivity contribution < 1.29 is 9.26 Å². The maximum atomic E-state index is 5.38. The third-order valence-corrected chi connectivity index (χ3v) is 3.37. The Morgan fingerprint density at radius 2 is 2.05 bits per heavy atom. The average Bonchev–Trinajstić information content (AvgIpc) is 2.75. The molecule has 0 bridgehead atoms. The number of hydrogen-bond donors (Lipinski definition) is 1. The van der Waals surface area contributed by atoms with Gasteiger partial charge in [-0.15, -0.1) is 0 Å². The van der Waals surface area contributed by atoms with Gasteiger partial charge in [0.05, 0.1) is 12.8 Å². The minimum atomic E-state index is 0.199. The molecule has 1 N–H and O–H groups in total. The number of nitrogens with zero attached hydrogens (tertiary/aromatic N) is 1. The van der Waals surface area contributed by atoms with Crippen LogP contribution in [0.2, 0.25) is 0 Å². The number of aromatic nitrogens is 1. The zero-order valence-corrected chi connectivity index (χ0v) is 11.9. The van der Waals surface area contributed by atoms with Crippen LogP contribution in [0.4, 0.5) is 0 Å². The summed E-state index contributed by atoms with van der Waals surface area (Å²) in [6, 6.07) is 8.24. The molecule has 0 aliphatic carbocycles. The van der Waals surface area contributed by atoms with Gasteiger partial charge in [0.1, 0.15) is 11.5 Å². The molecule has 0 aliphatic rings. The predicted octanol–water partition coefficient (Wildman–Crippen LogP) is 3.15. The molecule has 0 fully saturated rings. The maximum Gasteiger partial charge on any atom is 0.138 e. The van der Waals surface area contributed by atoms with Crippen molar-refractivity contribution in [2.24, 2.45) is 0 Å². The minimum absolute atomic E-state index is 0.199. The van der Waals surface area contributed by atoms with Crippen LogP contribution < -0.4 is 10.1 Å². The molecule has 4 nitrogen and oxygen atoms in total. The molecule has 1 aromatic carbocycles.